The molecule has 0 unspecified atom stereocenters. The van der Waals surface area contributed by atoms with Crippen LogP contribution in [0.1, 0.15) is 78.6 Å². The van der Waals surface area contributed by atoms with Crippen LogP contribution in [-0.2, 0) is 11.8 Å². The van der Waals surface area contributed by atoms with Gasteiger partial charge in [0.1, 0.15) is 0 Å². The first kappa shape index (κ1) is 17.6. The Morgan fingerprint density at radius 3 is 1.12 bits per heavy atom. The molecule has 104 valence electrons. The molecule has 0 aliphatic heterocycles. The van der Waals surface area contributed by atoms with E-state index >= 15 is 0 Å². The van der Waals surface area contributed by atoms with E-state index in [1.807, 2.05) is 0 Å². The molecule has 0 rings (SSSR count). The van der Waals surface area contributed by atoms with Crippen LogP contribution in [0.3, 0.4) is 0 Å². The number of unbranched alkanes of at least 4 members (excludes halogenated alkanes) is 6. The summed E-state index contributed by atoms with van der Waals surface area (Å²) in [5.41, 5.74) is 0. The van der Waals surface area contributed by atoms with Crippen LogP contribution in [0.15, 0.2) is 0 Å². The van der Waals surface area contributed by atoms with Crippen molar-refractivity contribution in [3.8, 4) is 0 Å². The first-order valence-corrected chi connectivity index (χ1v) is 11.1. The summed E-state index contributed by atoms with van der Waals surface area (Å²) in [6.07, 6.45) is 16.5. The van der Waals surface area contributed by atoms with Gasteiger partial charge in [0.2, 0.25) is 0 Å². The van der Waals surface area contributed by atoms with Crippen LogP contribution in [0, 0.1) is 0 Å². The Balaban J connectivity index is 4.00. The first-order valence-electron chi connectivity index (χ1n) is 7.75. The topological polar surface area (TPSA) is 0 Å². The van der Waals surface area contributed by atoms with Gasteiger partial charge >= 0.3 is 0 Å². The first-order chi connectivity index (χ1) is 8.18. The second-order valence-corrected chi connectivity index (χ2v) is 11.1. The van der Waals surface area contributed by atoms with Crippen LogP contribution in [0.4, 0.5) is 0 Å². The van der Waals surface area contributed by atoms with Gasteiger partial charge < -0.3 is 0 Å². The normalized spacial score (nSPS) is 11.9. The molecule has 0 fully saturated rings. The monoisotopic (exact) mass is 276 g/mol. The third-order valence-corrected chi connectivity index (χ3v) is 8.54. The summed E-state index contributed by atoms with van der Waals surface area (Å²) >= 11 is 6.05. The average Bonchev–Trinajstić information content (AvgIpc) is 2.30. The molecule has 0 spiro atoms. The van der Waals surface area contributed by atoms with Crippen LogP contribution in [0.2, 0.25) is 0 Å². The van der Waals surface area contributed by atoms with Gasteiger partial charge in [-0.25, -0.2) is 0 Å². The van der Waals surface area contributed by atoms with Crippen molar-refractivity contribution in [1.82, 2.24) is 0 Å². The maximum Gasteiger partial charge on any atom is -0.0235 e. The average molecular weight is 276 g/mol. The third-order valence-electron chi connectivity index (χ3n) is 3.51. The lowest BCUT2D eigenvalue weighted by Crippen LogP contribution is -2.01. The fraction of sp³-hybridized carbons (Fsp3) is 1.00. The highest BCUT2D eigenvalue weighted by molar-refractivity contribution is 8.14. The van der Waals surface area contributed by atoms with E-state index in [9.17, 15) is 0 Å². The number of rotatable bonds is 12. The molecule has 0 aliphatic rings. The second kappa shape index (κ2) is 11.7. The van der Waals surface area contributed by atoms with Crippen LogP contribution < -0.4 is 0 Å². The number of hydrogen-bond donors (Lipinski definition) is 0. The zero-order chi connectivity index (χ0) is 13.0. The second-order valence-electron chi connectivity index (χ2n) is 5.35. The van der Waals surface area contributed by atoms with Crippen molar-refractivity contribution in [3.63, 3.8) is 0 Å². The van der Waals surface area contributed by atoms with Crippen molar-refractivity contribution in [1.29, 1.82) is 0 Å². The van der Waals surface area contributed by atoms with Crippen molar-refractivity contribution in [3.05, 3.63) is 0 Å². The Hall–Kier alpha value is 0.650. The fourth-order valence-electron chi connectivity index (χ4n) is 2.29. The Morgan fingerprint density at radius 2 is 0.882 bits per heavy atom. The highest BCUT2D eigenvalue weighted by atomic mass is 32.4. The molecule has 0 nitrogen and oxygen atoms in total. The summed E-state index contributed by atoms with van der Waals surface area (Å²) < 4.78 is 0. The molecule has 17 heavy (non-hydrogen) atoms. The summed E-state index contributed by atoms with van der Waals surface area (Å²) in [7, 11) is 0. The van der Waals surface area contributed by atoms with Crippen molar-refractivity contribution in [2.45, 2.75) is 78.6 Å². The van der Waals surface area contributed by atoms with Gasteiger partial charge in [-0.15, -0.1) is 0 Å². The maximum atomic E-state index is 6.05. The molecule has 2 heteroatoms. The van der Waals surface area contributed by atoms with Gasteiger partial charge in [-0.2, -0.15) is 0 Å². The van der Waals surface area contributed by atoms with Gasteiger partial charge in [0.25, 0.3) is 0 Å². The van der Waals surface area contributed by atoms with Crippen LogP contribution in [0.25, 0.3) is 0 Å². The minimum Gasteiger partial charge on any atom is -0.0975 e. The Labute approximate surface area is 115 Å². The summed E-state index contributed by atoms with van der Waals surface area (Å²) in [4.78, 5) is 0. The SMILES string of the molecule is CCCCCP(=S)(CCCCC)CCCCC. The van der Waals surface area contributed by atoms with E-state index in [1.54, 1.807) is 0 Å². The van der Waals surface area contributed by atoms with Gasteiger partial charge in [0.15, 0.2) is 0 Å². The maximum absolute atomic E-state index is 6.05. The predicted molar refractivity (Wildman–Crippen MR) is 87.5 cm³/mol. The zero-order valence-electron chi connectivity index (χ0n) is 12.3. The molecule has 0 amide bonds. The Morgan fingerprint density at radius 1 is 0.588 bits per heavy atom. The molecule has 0 N–H and O–H groups in total. The molecular weight excluding hydrogens is 243 g/mol. The Bertz CT molecular complexity index is 168. The Kier molecular flexibility index (Phi) is 12.2. The van der Waals surface area contributed by atoms with Gasteiger partial charge in [-0.1, -0.05) is 71.1 Å². The van der Waals surface area contributed by atoms with E-state index in [2.05, 4.69) is 20.8 Å². The standard InChI is InChI=1S/C15H33PS/c1-4-7-10-13-16(17,14-11-8-5-2)15-12-9-6-3/h4-15H2,1-3H3. The van der Waals surface area contributed by atoms with Crippen LogP contribution in [0.5, 0.6) is 0 Å². The summed E-state index contributed by atoms with van der Waals surface area (Å²) in [6, 6.07) is -0.975. The summed E-state index contributed by atoms with van der Waals surface area (Å²) in [5, 5.41) is 0. The van der Waals surface area contributed by atoms with Crippen LogP contribution in [-0.4, -0.2) is 18.5 Å². The smallest absolute Gasteiger partial charge is 0.0235 e. The predicted octanol–water partition coefficient (Wildman–Crippen LogP) is 6.04. The van der Waals surface area contributed by atoms with E-state index < -0.39 is 6.04 Å². The number of hydrogen-bond acceptors (Lipinski definition) is 1. The zero-order valence-corrected chi connectivity index (χ0v) is 14.1. The van der Waals surface area contributed by atoms with Gasteiger partial charge in [0.05, 0.1) is 0 Å². The molecule has 0 heterocycles. The molecule has 0 bridgehead atoms. The lowest BCUT2D eigenvalue weighted by Gasteiger charge is -2.22. The third kappa shape index (κ3) is 10.3. The quantitative estimate of drug-likeness (QED) is 0.309. The van der Waals surface area contributed by atoms with E-state index in [4.69, 9.17) is 11.8 Å². The lowest BCUT2D eigenvalue weighted by molar-refractivity contribution is 0.748. The van der Waals surface area contributed by atoms with Crippen LogP contribution >= 0.6 is 6.04 Å². The molecule has 0 saturated heterocycles. The van der Waals surface area contributed by atoms with Gasteiger partial charge in [-0.3, -0.25) is 0 Å². The molecule has 0 radical (unpaired) electrons. The van der Waals surface area contributed by atoms with E-state index in [-0.39, 0.29) is 0 Å². The molecule has 0 aromatic rings. The molecule has 0 aliphatic carbocycles. The minimum absolute atomic E-state index is 0.975. The van der Waals surface area contributed by atoms with Gasteiger partial charge in [0, 0.05) is 0 Å². The van der Waals surface area contributed by atoms with Crippen molar-refractivity contribution >= 4 is 17.8 Å². The summed E-state index contributed by atoms with van der Waals surface area (Å²) in [6.45, 7) is 6.87. The molecule has 0 saturated carbocycles. The molecule has 0 aromatic carbocycles. The molecule has 0 aromatic heterocycles. The highest BCUT2D eigenvalue weighted by Gasteiger charge is 2.15. The van der Waals surface area contributed by atoms with E-state index in [0.717, 1.165) is 0 Å². The van der Waals surface area contributed by atoms with Crippen molar-refractivity contribution in [2.24, 2.45) is 0 Å². The minimum atomic E-state index is -0.975. The van der Waals surface area contributed by atoms with E-state index in [0.29, 0.717) is 0 Å². The molecule has 0 atom stereocenters. The van der Waals surface area contributed by atoms with Crippen molar-refractivity contribution < 1.29 is 0 Å². The summed E-state index contributed by atoms with van der Waals surface area (Å²) in [5.74, 6) is 0. The largest absolute Gasteiger partial charge is 0.0975 e. The fourth-order valence-corrected chi connectivity index (χ4v) is 6.52. The van der Waals surface area contributed by atoms with Crippen molar-refractivity contribution in [2.75, 3.05) is 18.5 Å². The van der Waals surface area contributed by atoms with Gasteiger partial charge in [-0.05, 0) is 43.8 Å². The van der Waals surface area contributed by atoms with E-state index in [1.165, 1.54) is 76.3 Å². The highest BCUT2D eigenvalue weighted by Crippen LogP contribution is 2.48. The molecular formula is C15H33PS. The lowest BCUT2D eigenvalue weighted by atomic mass is 10.3.